The van der Waals surface area contributed by atoms with Gasteiger partial charge in [0.25, 0.3) is 0 Å². The average molecular weight is 492 g/mol. The summed E-state index contributed by atoms with van der Waals surface area (Å²) in [6, 6.07) is 11.6. The molecule has 4 rings (SSSR count). The molecule has 1 aliphatic rings. The lowest BCUT2D eigenvalue weighted by Crippen LogP contribution is -2.50. The van der Waals surface area contributed by atoms with Gasteiger partial charge in [-0.2, -0.15) is 0 Å². The fourth-order valence-corrected chi connectivity index (χ4v) is 4.56. The quantitative estimate of drug-likeness (QED) is 0.434. The van der Waals surface area contributed by atoms with Gasteiger partial charge in [-0.1, -0.05) is 18.7 Å². The Kier molecular flexibility index (Phi) is 7.74. The van der Waals surface area contributed by atoms with E-state index in [4.69, 9.17) is 4.98 Å². The Balaban J connectivity index is 1.59. The lowest BCUT2D eigenvalue weighted by molar-refractivity contribution is -0.111. The van der Waals surface area contributed by atoms with Gasteiger partial charge in [-0.05, 0) is 42.8 Å². The van der Waals surface area contributed by atoms with Crippen LogP contribution in [0.25, 0.3) is 11.3 Å². The van der Waals surface area contributed by atoms with Crippen molar-refractivity contribution in [1.29, 1.82) is 0 Å². The summed E-state index contributed by atoms with van der Waals surface area (Å²) in [7, 11) is 1.66. The van der Waals surface area contributed by atoms with Crippen LogP contribution in [0, 0.1) is 6.92 Å². The molecule has 3 heterocycles. The number of hydrogen-bond acceptors (Lipinski definition) is 7. The smallest absolute Gasteiger partial charge is 0.317 e. The first-order valence-corrected chi connectivity index (χ1v) is 12.2. The minimum absolute atomic E-state index is 0.0375. The Bertz CT molecular complexity index is 1220. The van der Waals surface area contributed by atoms with Crippen LogP contribution in [0.3, 0.4) is 0 Å². The van der Waals surface area contributed by atoms with Crippen LogP contribution in [0.5, 0.6) is 0 Å². The number of aromatic nitrogens is 2. The molecule has 1 fully saturated rings. The zero-order chi connectivity index (χ0) is 24.8. The molecule has 0 radical (unpaired) electrons. The van der Waals surface area contributed by atoms with Gasteiger partial charge in [-0.15, -0.1) is 11.3 Å². The summed E-state index contributed by atoms with van der Waals surface area (Å²) in [5, 5.41) is 9.61. The van der Waals surface area contributed by atoms with E-state index >= 15 is 0 Å². The maximum atomic E-state index is 11.9. The van der Waals surface area contributed by atoms with Crippen LogP contribution in [-0.2, 0) is 11.3 Å². The van der Waals surface area contributed by atoms with E-state index in [1.807, 2.05) is 48.4 Å². The minimum Gasteiger partial charge on any atom is -0.341 e. The highest BCUT2D eigenvalue weighted by molar-refractivity contribution is 7.15. The molecule has 182 valence electrons. The molecule has 0 bridgehead atoms. The van der Waals surface area contributed by atoms with Crippen molar-refractivity contribution in [2.45, 2.75) is 13.5 Å². The zero-order valence-corrected chi connectivity index (χ0v) is 20.7. The van der Waals surface area contributed by atoms with Gasteiger partial charge in [0.05, 0.1) is 5.69 Å². The molecule has 3 amide bonds. The molecule has 10 heteroatoms. The van der Waals surface area contributed by atoms with E-state index < -0.39 is 0 Å². The number of hydrogen-bond donors (Lipinski definition) is 3. The second-order valence-electron chi connectivity index (χ2n) is 8.24. The van der Waals surface area contributed by atoms with Crippen LogP contribution in [0.1, 0.15) is 10.4 Å². The van der Waals surface area contributed by atoms with Crippen LogP contribution in [-0.4, -0.2) is 64.9 Å². The van der Waals surface area contributed by atoms with Gasteiger partial charge in [0, 0.05) is 62.1 Å². The van der Waals surface area contributed by atoms with E-state index in [9.17, 15) is 9.59 Å². The van der Waals surface area contributed by atoms with Crippen molar-refractivity contribution in [3.05, 3.63) is 65.7 Å². The Morgan fingerprint density at radius 1 is 1.17 bits per heavy atom. The number of nitrogens with one attached hydrogen (secondary N) is 3. The molecule has 0 spiro atoms. The average Bonchev–Trinajstić information content (AvgIpc) is 3.28. The highest BCUT2D eigenvalue weighted by Crippen LogP contribution is 2.27. The number of piperazine rings is 1. The fourth-order valence-electron chi connectivity index (χ4n) is 3.89. The third-order valence-electron chi connectivity index (χ3n) is 5.63. The van der Waals surface area contributed by atoms with Crippen LogP contribution in [0.4, 0.5) is 21.4 Å². The standard InChI is InChI=1S/C25H29N7O2S/c1-4-23(33)28-20-7-5-6-19(14-20)21-12-18(13-22(29-21)30-24-27-15-17(2)35-24)16-31-8-10-32(11-9-31)25(34)26-3/h4-7,12-15H,1,8-11,16H2,2-3H3,(H,26,34)(H,28,33)(H,27,29,30). The SMILES string of the molecule is C=CC(=O)Nc1cccc(-c2cc(CN3CCN(C(=O)NC)CC3)cc(Nc3ncc(C)s3)n2)c1. The second kappa shape index (κ2) is 11.1. The molecule has 0 aliphatic carbocycles. The monoisotopic (exact) mass is 491 g/mol. The first-order valence-electron chi connectivity index (χ1n) is 11.4. The maximum absolute atomic E-state index is 11.9. The Morgan fingerprint density at radius 3 is 2.66 bits per heavy atom. The Morgan fingerprint density at radius 2 is 1.97 bits per heavy atom. The van der Waals surface area contributed by atoms with Crippen molar-refractivity contribution < 1.29 is 9.59 Å². The summed E-state index contributed by atoms with van der Waals surface area (Å²) in [5.74, 6) is 0.442. The normalized spacial score (nSPS) is 13.8. The second-order valence-corrected chi connectivity index (χ2v) is 9.47. The van der Waals surface area contributed by atoms with Gasteiger partial charge in [-0.3, -0.25) is 9.69 Å². The van der Waals surface area contributed by atoms with Crippen molar-refractivity contribution in [1.82, 2.24) is 25.1 Å². The molecule has 1 saturated heterocycles. The molecular formula is C25H29N7O2S. The molecule has 0 atom stereocenters. The molecule has 0 unspecified atom stereocenters. The van der Waals surface area contributed by atoms with Crippen LogP contribution < -0.4 is 16.0 Å². The molecule has 35 heavy (non-hydrogen) atoms. The van der Waals surface area contributed by atoms with E-state index in [2.05, 4.69) is 38.5 Å². The molecule has 9 nitrogen and oxygen atoms in total. The number of rotatable bonds is 7. The molecule has 1 aromatic carbocycles. The lowest BCUT2D eigenvalue weighted by Gasteiger charge is -2.34. The molecular weight excluding hydrogens is 462 g/mol. The van der Waals surface area contributed by atoms with E-state index in [-0.39, 0.29) is 11.9 Å². The number of carbonyl (C=O) groups is 2. The number of thiazole rings is 1. The van der Waals surface area contributed by atoms with Crippen molar-refractivity contribution in [3.63, 3.8) is 0 Å². The largest absolute Gasteiger partial charge is 0.341 e. The number of urea groups is 1. The van der Waals surface area contributed by atoms with Gasteiger partial charge < -0.3 is 20.9 Å². The summed E-state index contributed by atoms with van der Waals surface area (Å²) in [4.78, 5) is 38.2. The van der Waals surface area contributed by atoms with Gasteiger partial charge >= 0.3 is 6.03 Å². The number of carbonyl (C=O) groups excluding carboxylic acids is 2. The Hall–Kier alpha value is -3.76. The van der Waals surface area contributed by atoms with E-state index in [0.717, 1.165) is 46.5 Å². The number of benzene rings is 1. The van der Waals surface area contributed by atoms with Crippen molar-refractivity contribution in [2.75, 3.05) is 43.9 Å². The van der Waals surface area contributed by atoms with Crippen LogP contribution >= 0.6 is 11.3 Å². The van der Waals surface area contributed by atoms with Crippen molar-refractivity contribution >= 4 is 39.9 Å². The Labute approximate surface area is 208 Å². The fraction of sp³-hybridized carbons (Fsp3) is 0.280. The molecule has 0 saturated carbocycles. The predicted molar refractivity (Wildman–Crippen MR) is 140 cm³/mol. The number of aryl methyl sites for hydroxylation is 1. The van der Waals surface area contributed by atoms with Crippen molar-refractivity contribution in [3.8, 4) is 11.3 Å². The third kappa shape index (κ3) is 6.43. The zero-order valence-electron chi connectivity index (χ0n) is 19.9. The summed E-state index contributed by atoms with van der Waals surface area (Å²) < 4.78 is 0. The third-order valence-corrected chi connectivity index (χ3v) is 6.46. The predicted octanol–water partition coefficient (Wildman–Crippen LogP) is 3.84. The van der Waals surface area contributed by atoms with Gasteiger partial charge in [-0.25, -0.2) is 14.8 Å². The highest BCUT2D eigenvalue weighted by Gasteiger charge is 2.20. The number of amides is 3. The lowest BCUT2D eigenvalue weighted by atomic mass is 10.1. The highest BCUT2D eigenvalue weighted by atomic mass is 32.1. The summed E-state index contributed by atoms with van der Waals surface area (Å²) in [6.45, 7) is 9.22. The minimum atomic E-state index is -0.263. The van der Waals surface area contributed by atoms with Crippen molar-refractivity contribution in [2.24, 2.45) is 0 Å². The number of pyridine rings is 1. The molecule has 2 aromatic heterocycles. The molecule has 3 aromatic rings. The molecule has 3 N–H and O–H groups in total. The number of nitrogens with zero attached hydrogens (tertiary/aromatic N) is 4. The first-order chi connectivity index (χ1) is 16.9. The van der Waals surface area contributed by atoms with E-state index in [1.54, 1.807) is 18.4 Å². The summed E-state index contributed by atoms with van der Waals surface area (Å²) in [5.41, 5.74) is 3.45. The first kappa shape index (κ1) is 24.4. The summed E-state index contributed by atoms with van der Waals surface area (Å²) >= 11 is 1.57. The number of anilines is 3. The van der Waals surface area contributed by atoms with Crippen LogP contribution in [0.2, 0.25) is 0 Å². The van der Waals surface area contributed by atoms with E-state index in [1.165, 1.54) is 6.08 Å². The van der Waals surface area contributed by atoms with Crippen LogP contribution in [0.15, 0.2) is 55.3 Å². The van der Waals surface area contributed by atoms with E-state index in [0.29, 0.717) is 24.6 Å². The van der Waals surface area contributed by atoms with Gasteiger partial charge in [0.15, 0.2) is 5.13 Å². The van der Waals surface area contributed by atoms with Gasteiger partial charge in [0.1, 0.15) is 5.82 Å². The van der Waals surface area contributed by atoms with Gasteiger partial charge in [0.2, 0.25) is 5.91 Å². The molecule has 1 aliphatic heterocycles. The summed E-state index contributed by atoms with van der Waals surface area (Å²) in [6.07, 6.45) is 3.07. The maximum Gasteiger partial charge on any atom is 0.317 e. The topological polar surface area (TPSA) is 102 Å².